The molecule has 0 aliphatic carbocycles. The summed E-state index contributed by atoms with van der Waals surface area (Å²) in [6.07, 6.45) is 0.983. The molecule has 0 heteroatoms. The van der Waals surface area contributed by atoms with Crippen molar-refractivity contribution in [2.24, 2.45) is 0 Å². The molecule has 0 fully saturated rings. The van der Waals surface area contributed by atoms with Gasteiger partial charge in [0.25, 0.3) is 0 Å². The molecule has 0 saturated carbocycles. The van der Waals surface area contributed by atoms with Crippen molar-refractivity contribution in [3.05, 3.63) is 0 Å². The van der Waals surface area contributed by atoms with Gasteiger partial charge in [0.2, 0.25) is 0 Å². The molecular weight excluding hydrogens is 60.1 g/mol. The van der Waals surface area contributed by atoms with Crippen molar-refractivity contribution in [1.29, 1.82) is 0 Å². The van der Waals surface area contributed by atoms with E-state index in [9.17, 15) is 0 Å². The maximum atomic E-state index is 2.86. The van der Waals surface area contributed by atoms with E-state index in [1.54, 1.807) is 0 Å². The molecule has 0 atom stereocenters. The van der Waals surface area contributed by atoms with E-state index in [1.807, 2.05) is 13.8 Å². The van der Waals surface area contributed by atoms with Crippen molar-refractivity contribution in [3.8, 4) is 11.8 Å². The second-order valence-electron chi connectivity index (χ2n) is 0.780. The van der Waals surface area contributed by atoms with Crippen LogP contribution in [0.3, 0.4) is 0 Å². The first-order valence-corrected chi connectivity index (χ1v) is 1.81. The van der Waals surface area contributed by atoms with Gasteiger partial charge in [-0.05, 0) is 6.92 Å². The second kappa shape index (κ2) is 3.56. The summed E-state index contributed by atoms with van der Waals surface area (Å²) in [6, 6.07) is 0. The number of hydrogen-bond acceptors (Lipinski definition) is 0. The van der Waals surface area contributed by atoms with Crippen LogP contribution in [0.5, 0.6) is 0 Å². The van der Waals surface area contributed by atoms with Crippen molar-refractivity contribution in [3.63, 3.8) is 0 Å². The molecule has 0 N–H and O–H groups in total. The van der Waals surface area contributed by atoms with Crippen molar-refractivity contribution < 1.29 is 0 Å². The molecule has 0 heterocycles. The molecule has 0 aromatic carbocycles. The molecule has 0 unspecified atom stereocenters. The fourth-order valence-corrected chi connectivity index (χ4v) is 0.177. The molecule has 0 rings (SSSR count). The van der Waals surface area contributed by atoms with Gasteiger partial charge in [-0.15, -0.1) is 11.8 Å². The molecule has 5 heavy (non-hydrogen) atoms. The van der Waals surface area contributed by atoms with Gasteiger partial charge in [-0.25, -0.2) is 0 Å². The lowest BCUT2D eigenvalue weighted by atomic mass is 10.5. The van der Waals surface area contributed by atoms with Crippen LogP contribution >= 0.6 is 0 Å². The minimum absolute atomic E-state index is 0.983. The normalized spacial score (nSPS) is 5.20. The van der Waals surface area contributed by atoms with E-state index in [4.69, 9.17) is 0 Å². The summed E-state index contributed by atoms with van der Waals surface area (Å²) in [5, 5.41) is 0. The Balaban J connectivity index is 2.81. The van der Waals surface area contributed by atoms with Crippen molar-refractivity contribution in [2.75, 3.05) is 0 Å². The molecule has 0 nitrogen and oxygen atoms in total. The fourth-order valence-electron chi connectivity index (χ4n) is 0.177. The van der Waals surface area contributed by atoms with E-state index in [1.165, 1.54) is 0 Å². The molecule has 0 aliphatic heterocycles. The summed E-state index contributed by atoms with van der Waals surface area (Å²) >= 11 is 0. The van der Waals surface area contributed by atoms with Crippen molar-refractivity contribution in [2.45, 2.75) is 20.3 Å². The summed E-state index contributed by atoms with van der Waals surface area (Å²) in [4.78, 5) is 0. The third kappa shape index (κ3) is 3.56. The lowest BCUT2D eigenvalue weighted by molar-refractivity contribution is 1.28. The van der Waals surface area contributed by atoms with Gasteiger partial charge in [0, 0.05) is 6.42 Å². The molecule has 0 amide bonds. The van der Waals surface area contributed by atoms with Crippen LogP contribution in [-0.4, -0.2) is 0 Å². The first-order valence-electron chi connectivity index (χ1n) is 1.81. The van der Waals surface area contributed by atoms with Crippen LogP contribution in [0, 0.1) is 11.8 Å². The average Bonchev–Trinajstić information content (AvgIpc) is 1.41. The van der Waals surface area contributed by atoms with Crippen LogP contribution in [0.4, 0.5) is 0 Å². The third-order valence-electron chi connectivity index (χ3n) is 0.354. The van der Waals surface area contributed by atoms with Gasteiger partial charge in [0.15, 0.2) is 0 Å². The van der Waals surface area contributed by atoms with E-state index >= 15 is 0 Å². The zero-order valence-electron chi connectivity index (χ0n) is 3.71. The standard InChI is InChI=1S/C5H8/c1-3-5-4-2/h3H2,1-2H3. The van der Waals surface area contributed by atoms with E-state index in [2.05, 4.69) is 11.8 Å². The highest BCUT2D eigenvalue weighted by molar-refractivity contribution is 4.92. The predicted molar refractivity (Wildman–Crippen MR) is 23.7 cm³/mol. The predicted octanol–water partition coefficient (Wildman–Crippen LogP) is 1.42. The summed E-state index contributed by atoms with van der Waals surface area (Å²) < 4.78 is 0. The monoisotopic (exact) mass is 68.1 g/mol. The highest BCUT2D eigenvalue weighted by Gasteiger charge is 1.48. The zero-order valence-corrected chi connectivity index (χ0v) is 3.71. The van der Waals surface area contributed by atoms with E-state index in [0.29, 0.717) is 0 Å². The van der Waals surface area contributed by atoms with Crippen LogP contribution in [0.25, 0.3) is 0 Å². The Kier molecular flexibility index (Phi) is 3.25. The molecule has 0 spiro atoms. The van der Waals surface area contributed by atoms with Crippen LogP contribution in [0.15, 0.2) is 0 Å². The lowest BCUT2D eigenvalue weighted by Crippen LogP contribution is -1.45. The minimum Gasteiger partial charge on any atom is -0.107 e. The molecule has 0 radical (unpaired) electrons. The lowest BCUT2D eigenvalue weighted by Gasteiger charge is -1.58. The number of rotatable bonds is 0. The maximum absolute atomic E-state index is 2.86. The first-order chi connectivity index (χ1) is 2.41. The molecule has 0 saturated heterocycles. The average molecular weight is 68.1 g/mol. The van der Waals surface area contributed by atoms with Gasteiger partial charge in [0.1, 0.15) is 0 Å². The maximum Gasteiger partial charge on any atom is 0.00601 e. The molecule has 0 aromatic rings. The Labute approximate surface area is 33.2 Å². The highest BCUT2D eigenvalue weighted by atomic mass is 13.5. The minimum atomic E-state index is 0.983. The molecule has 0 aromatic heterocycles. The van der Waals surface area contributed by atoms with Gasteiger partial charge in [-0.1, -0.05) is 6.92 Å². The van der Waals surface area contributed by atoms with Crippen LogP contribution in [0.1, 0.15) is 20.3 Å². The first kappa shape index (κ1) is 4.56. The largest absolute Gasteiger partial charge is 0.107 e. The van der Waals surface area contributed by atoms with E-state index < -0.39 is 0 Å². The number of hydrogen-bond donors (Lipinski definition) is 0. The smallest absolute Gasteiger partial charge is 0.00601 e. The van der Waals surface area contributed by atoms with Crippen molar-refractivity contribution in [1.82, 2.24) is 0 Å². The summed E-state index contributed by atoms with van der Waals surface area (Å²) in [6.45, 7) is 3.89. The van der Waals surface area contributed by atoms with E-state index in [0.717, 1.165) is 6.42 Å². The van der Waals surface area contributed by atoms with Gasteiger partial charge in [-0.3, -0.25) is 0 Å². The third-order valence-corrected chi connectivity index (χ3v) is 0.354. The Morgan fingerprint density at radius 1 is 1.60 bits per heavy atom. The van der Waals surface area contributed by atoms with Crippen molar-refractivity contribution >= 4 is 0 Å². The SMILES string of the molecule is CC#CCC. The Hall–Kier alpha value is -0.440. The Morgan fingerprint density at radius 2 is 2.20 bits per heavy atom. The fraction of sp³-hybridized carbons (Fsp3) is 0.600. The quantitative estimate of drug-likeness (QED) is 0.376. The van der Waals surface area contributed by atoms with E-state index in [-0.39, 0.29) is 0 Å². The molecule has 28 valence electrons. The summed E-state index contributed by atoms with van der Waals surface area (Å²) in [7, 11) is 0. The zero-order chi connectivity index (χ0) is 4.12. The van der Waals surface area contributed by atoms with Crippen LogP contribution in [-0.2, 0) is 0 Å². The van der Waals surface area contributed by atoms with Crippen LogP contribution in [0.2, 0.25) is 0 Å². The van der Waals surface area contributed by atoms with Gasteiger partial charge < -0.3 is 0 Å². The highest BCUT2D eigenvalue weighted by Crippen LogP contribution is 1.62. The Morgan fingerprint density at radius 3 is 2.20 bits per heavy atom. The summed E-state index contributed by atoms with van der Waals surface area (Å²) in [5.41, 5.74) is 0. The molecule has 0 aliphatic rings. The summed E-state index contributed by atoms with van der Waals surface area (Å²) in [5.74, 6) is 5.63. The van der Waals surface area contributed by atoms with Gasteiger partial charge in [0.05, 0.1) is 0 Å². The topological polar surface area (TPSA) is 0 Å². The van der Waals surface area contributed by atoms with Gasteiger partial charge >= 0.3 is 0 Å². The molecular formula is C5H8. The van der Waals surface area contributed by atoms with Crippen LogP contribution < -0.4 is 0 Å². The van der Waals surface area contributed by atoms with Gasteiger partial charge in [-0.2, -0.15) is 0 Å². The molecule has 0 bridgehead atoms. The Bertz CT molecular complexity index is 52.2. The second-order valence-corrected chi connectivity index (χ2v) is 0.780.